The Morgan fingerprint density at radius 2 is 1.53 bits per heavy atom. The highest BCUT2D eigenvalue weighted by atomic mass is 127. The van der Waals surface area contributed by atoms with Crippen molar-refractivity contribution in [2.75, 3.05) is 19.6 Å². The van der Waals surface area contributed by atoms with Crippen LogP contribution in [0.2, 0.25) is 0 Å². The predicted molar refractivity (Wildman–Crippen MR) is 135 cm³/mol. The van der Waals surface area contributed by atoms with Crippen molar-refractivity contribution in [3.05, 3.63) is 93.6 Å². The zero-order valence-electron chi connectivity index (χ0n) is 17.2. The molecule has 1 aliphatic heterocycles. The number of fused-ring (bicyclic) bond motifs is 1. The number of H-pyrrole nitrogens is 1. The zero-order valence-corrected chi connectivity index (χ0v) is 19.3. The number of halogens is 1. The molecule has 0 spiro atoms. The fourth-order valence-electron chi connectivity index (χ4n) is 4.80. The smallest absolute Gasteiger partial charge is 0.0500 e. The van der Waals surface area contributed by atoms with Crippen LogP contribution >= 0.6 is 22.6 Å². The van der Waals surface area contributed by atoms with Crippen LogP contribution in [-0.2, 0) is 6.42 Å². The fourth-order valence-corrected chi connectivity index (χ4v) is 5.16. The molecule has 0 unspecified atom stereocenters. The van der Waals surface area contributed by atoms with Crippen LogP contribution in [-0.4, -0.2) is 29.5 Å². The van der Waals surface area contributed by atoms with Gasteiger partial charge in [-0.05, 0) is 95.8 Å². The summed E-state index contributed by atoms with van der Waals surface area (Å²) in [7, 11) is 0. The number of likely N-dealkylation sites (tertiary alicyclic amines) is 1. The van der Waals surface area contributed by atoms with E-state index >= 15 is 0 Å². The SMILES string of the molecule is Ic1ccc(CCN2CCC(c3c(-c4ccccc4)[nH]c4ccccc34)CC2)cc1. The van der Waals surface area contributed by atoms with E-state index in [-0.39, 0.29) is 0 Å². The number of hydrogen-bond donors (Lipinski definition) is 1. The third-order valence-corrected chi connectivity index (χ3v) is 7.15. The van der Waals surface area contributed by atoms with Crippen LogP contribution in [0, 0.1) is 3.57 Å². The highest BCUT2D eigenvalue weighted by Gasteiger charge is 2.26. The molecule has 2 heterocycles. The van der Waals surface area contributed by atoms with Crippen LogP contribution in [0.1, 0.15) is 29.9 Å². The number of piperidine rings is 1. The average molecular weight is 506 g/mol. The quantitative estimate of drug-likeness (QED) is 0.293. The summed E-state index contributed by atoms with van der Waals surface area (Å²) in [6.45, 7) is 3.53. The molecular weight excluding hydrogens is 479 g/mol. The molecule has 3 aromatic carbocycles. The first-order valence-corrected chi connectivity index (χ1v) is 12.0. The molecule has 0 aliphatic carbocycles. The van der Waals surface area contributed by atoms with E-state index in [9.17, 15) is 0 Å². The van der Waals surface area contributed by atoms with Crippen LogP contribution in [0.4, 0.5) is 0 Å². The van der Waals surface area contributed by atoms with Gasteiger partial charge in [-0.3, -0.25) is 0 Å². The van der Waals surface area contributed by atoms with E-state index in [2.05, 4.69) is 111 Å². The van der Waals surface area contributed by atoms with Crippen LogP contribution in [0.15, 0.2) is 78.9 Å². The molecule has 1 fully saturated rings. The lowest BCUT2D eigenvalue weighted by molar-refractivity contribution is 0.215. The molecular formula is C27H27IN2. The van der Waals surface area contributed by atoms with Gasteiger partial charge < -0.3 is 9.88 Å². The van der Waals surface area contributed by atoms with Crippen LogP contribution in [0.5, 0.6) is 0 Å². The maximum atomic E-state index is 3.73. The number of para-hydroxylation sites is 1. The Hall–Kier alpha value is -2.11. The lowest BCUT2D eigenvalue weighted by Crippen LogP contribution is -2.34. The molecule has 1 aromatic heterocycles. The zero-order chi connectivity index (χ0) is 20.3. The van der Waals surface area contributed by atoms with Crippen molar-refractivity contribution in [3.8, 4) is 11.3 Å². The third-order valence-electron chi connectivity index (χ3n) is 6.43. The third kappa shape index (κ3) is 4.19. The number of aromatic amines is 1. The summed E-state index contributed by atoms with van der Waals surface area (Å²) in [6, 6.07) is 28.6. The molecule has 152 valence electrons. The largest absolute Gasteiger partial charge is 0.354 e. The van der Waals surface area contributed by atoms with Gasteiger partial charge in [0.25, 0.3) is 0 Å². The maximum Gasteiger partial charge on any atom is 0.0500 e. The molecule has 3 heteroatoms. The van der Waals surface area contributed by atoms with E-state index in [0.29, 0.717) is 5.92 Å². The van der Waals surface area contributed by atoms with Gasteiger partial charge in [-0.25, -0.2) is 0 Å². The lowest BCUT2D eigenvalue weighted by atomic mass is 9.86. The second-order valence-corrected chi connectivity index (χ2v) is 9.56. The Labute approximate surface area is 192 Å². The molecule has 0 atom stereocenters. The summed E-state index contributed by atoms with van der Waals surface area (Å²) in [5, 5.41) is 1.40. The molecule has 5 rings (SSSR count). The Bertz CT molecular complexity index is 1110. The minimum atomic E-state index is 0.617. The Morgan fingerprint density at radius 1 is 0.833 bits per heavy atom. The summed E-state index contributed by atoms with van der Waals surface area (Å²) < 4.78 is 1.31. The van der Waals surface area contributed by atoms with E-state index in [1.807, 2.05) is 0 Å². The van der Waals surface area contributed by atoms with Crippen molar-refractivity contribution in [2.24, 2.45) is 0 Å². The van der Waals surface area contributed by atoms with Gasteiger partial charge in [0.05, 0.1) is 0 Å². The minimum absolute atomic E-state index is 0.617. The number of aromatic nitrogens is 1. The number of nitrogens with zero attached hydrogens (tertiary/aromatic N) is 1. The molecule has 30 heavy (non-hydrogen) atoms. The van der Waals surface area contributed by atoms with Gasteiger partial charge in [0.1, 0.15) is 0 Å². The Morgan fingerprint density at radius 3 is 2.30 bits per heavy atom. The van der Waals surface area contributed by atoms with Gasteiger partial charge in [-0.15, -0.1) is 0 Å². The Balaban J connectivity index is 1.33. The molecule has 0 amide bonds. The minimum Gasteiger partial charge on any atom is -0.354 e. The van der Waals surface area contributed by atoms with Gasteiger partial charge in [-0.2, -0.15) is 0 Å². The normalized spacial score (nSPS) is 15.6. The second-order valence-electron chi connectivity index (χ2n) is 8.32. The highest BCUT2D eigenvalue weighted by molar-refractivity contribution is 14.1. The molecule has 1 saturated heterocycles. The summed E-state index contributed by atoms with van der Waals surface area (Å²) in [6.07, 6.45) is 3.60. The molecule has 0 radical (unpaired) electrons. The van der Waals surface area contributed by atoms with Gasteiger partial charge >= 0.3 is 0 Å². The monoisotopic (exact) mass is 506 g/mol. The number of benzene rings is 3. The van der Waals surface area contributed by atoms with Crippen molar-refractivity contribution in [1.29, 1.82) is 0 Å². The van der Waals surface area contributed by atoms with Crippen molar-refractivity contribution >= 4 is 33.5 Å². The average Bonchev–Trinajstić information content (AvgIpc) is 3.19. The molecule has 1 aliphatic rings. The molecule has 0 bridgehead atoms. The van der Waals surface area contributed by atoms with Gasteiger partial charge in [0.15, 0.2) is 0 Å². The first-order valence-electron chi connectivity index (χ1n) is 10.9. The lowest BCUT2D eigenvalue weighted by Gasteiger charge is -2.32. The summed E-state index contributed by atoms with van der Waals surface area (Å²) in [5.41, 5.74) is 6.83. The fraction of sp³-hybridized carbons (Fsp3) is 0.259. The van der Waals surface area contributed by atoms with Gasteiger partial charge in [0, 0.05) is 26.7 Å². The van der Waals surface area contributed by atoms with Gasteiger partial charge in [-0.1, -0.05) is 60.7 Å². The number of rotatable bonds is 5. The molecule has 0 saturated carbocycles. The molecule has 1 N–H and O–H groups in total. The van der Waals surface area contributed by atoms with Gasteiger partial charge in [0.2, 0.25) is 0 Å². The Kier molecular flexibility index (Phi) is 5.91. The van der Waals surface area contributed by atoms with E-state index in [1.54, 1.807) is 0 Å². The van der Waals surface area contributed by atoms with Crippen molar-refractivity contribution in [1.82, 2.24) is 9.88 Å². The van der Waals surface area contributed by atoms with E-state index in [1.165, 1.54) is 62.8 Å². The van der Waals surface area contributed by atoms with Crippen LogP contribution in [0.3, 0.4) is 0 Å². The summed E-state index contributed by atoms with van der Waals surface area (Å²) >= 11 is 2.37. The highest BCUT2D eigenvalue weighted by Crippen LogP contribution is 2.40. The topological polar surface area (TPSA) is 19.0 Å². The summed E-state index contributed by atoms with van der Waals surface area (Å²) in [5.74, 6) is 0.617. The van der Waals surface area contributed by atoms with Crippen molar-refractivity contribution in [3.63, 3.8) is 0 Å². The second kappa shape index (κ2) is 8.94. The van der Waals surface area contributed by atoms with E-state index in [4.69, 9.17) is 0 Å². The first-order chi connectivity index (χ1) is 14.8. The number of nitrogens with one attached hydrogen (secondary N) is 1. The van der Waals surface area contributed by atoms with Crippen LogP contribution < -0.4 is 0 Å². The van der Waals surface area contributed by atoms with Crippen molar-refractivity contribution < 1.29 is 0 Å². The maximum absolute atomic E-state index is 3.73. The van der Waals surface area contributed by atoms with Crippen LogP contribution in [0.25, 0.3) is 22.2 Å². The molecule has 2 nitrogen and oxygen atoms in total. The van der Waals surface area contributed by atoms with E-state index in [0.717, 1.165) is 13.0 Å². The first kappa shape index (κ1) is 19.8. The van der Waals surface area contributed by atoms with E-state index < -0.39 is 0 Å². The number of hydrogen-bond acceptors (Lipinski definition) is 1. The molecule has 4 aromatic rings. The standard InChI is InChI=1S/C27H27IN2/c28-23-12-10-20(11-13-23)14-17-30-18-15-21(16-19-30)26-24-8-4-5-9-25(24)29-27(26)22-6-2-1-3-7-22/h1-13,21,29H,14-19H2. The summed E-state index contributed by atoms with van der Waals surface area (Å²) in [4.78, 5) is 6.37. The van der Waals surface area contributed by atoms with Crippen molar-refractivity contribution in [2.45, 2.75) is 25.2 Å². The predicted octanol–water partition coefficient (Wildman–Crippen LogP) is 6.86.